The number of hydrogen-bond donors (Lipinski definition) is 1. The van der Waals surface area contributed by atoms with E-state index in [1.54, 1.807) is 0 Å². The number of rotatable bonds is 16. The van der Waals surface area contributed by atoms with Crippen molar-refractivity contribution in [1.82, 2.24) is 0 Å². The van der Waals surface area contributed by atoms with Crippen molar-refractivity contribution in [3.63, 3.8) is 0 Å². The van der Waals surface area contributed by atoms with E-state index in [-0.39, 0.29) is 6.61 Å². The predicted octanol–water partition coefficient (Wildman–Crippen LogP) is 6.82. The van der Waals surface area contributed by atoms with Gasteiger partial charge in [0.15, 0.2) is 0 Å². The van der Waals surface area contributed by atoms with Crippen molar-refractivity contribution in [3.05, 3.63) is 72.6 Å². The van der Waals surface area contributed by atoms with Crippen molar-refractivity contribution in [2.24, 2.45) is 0 Å². The molecule has 0 aromatic carbocycles. The highest BCUT2D eigenvalue weighted by Gasteiger charge is 1.92. The lowest BCUT2D eigenvalue weighted by Gasteiger charge is -2.04. The Labute approximate surface area is 161 Å². The van der Waals surface area contributed by atoms with Gasteiger partial charge in [0.05, 0.1) is 6.61 Å². The Kier molecular flexibility index (Phi) is 19.8. The number of aliphatic hydroxyl groups excluding tert-OH is 1. The normalized spacial score (nSPS) is 13.4. The summed E-state index contributed by atoms with van der Waals surface area (Å²) in [5, 5.41) is 9.08. The zero-order valence-electron chi connectivity index (χ0n) is 16.8. The Morgan fingerprint density at radius 2 is 1.19 bits per heavy atom. The van der Waals surface area contributed by atoms with Crippen LogP contribution >= 0.6 is 0 Å². The zero-order valence-corrected chi connectivity index (χ0v) is 16.8. The minimum atomic E-state index is -0.00445. The molecule has 0 atom stereocenters. The van der Waals surface area contributed by atoms with Gasteiger partial charge in [-0.2, -0.15) is 0 Å². The summed E-state index contributed by atoms with van der Waals surface area (Å²) in [5.41, 5.74) is 0. The van der Waals surface area contributed by atoms with Crippen LogP contribution in [0.25, 0.3) is 0 Å². The highest BCUT2D eigenvalue weighted by atomic mass is 16.5. The first-order valence-electron chi connectivity index (χ1n) is 10.0. The van der Waals surface area contributed by atoms with Gasteiger partial charge in [-0.25, -0.2) is 0 Å². The number of ether oxygens (including phenoxy) is 1. The van der Waals surface area contributed by atoms with Crippen LogP contribution in [0.1, 0.15) is 65.2 Å². The molecule has 0 rings (SSSR count). The van der Waals surface area contributed by atoms with Crippen LogP contribution in [-0.4, -0.2) is 18.3 Å². The lowest BCUT2D eigenvalue weighted by atomic mass is 10.2. The molecule has 0 amide bonds. The van der Waals surface area contributed by atoms with Gasteiger partial charge < -0.3 is 9.84 Å². The first kappa shape index (κ1) is 24.2. The molecule has 0 aliphatic carbocycles. The first-order chi connectivity index (χ1) is 12.8. The van der Waals surface area contributed by atoms with E-state index in [4.69, 9.17) is 9.84 Å². The summed E-state index contributed by atoms with van der Waals surface area (Å²) < 4.78 is 5.30. The van der Waals surface area contributed by atoms with Crippen molar-refractivity contribution in [2.45, 2.75) is 65.2 Å². The second kappa shape index (κ2) is 21.2. The maximum atomic E-state index is 9.08. The van der Waals surface area contributed by atoms with E-state index >= 15 is 0 Å². The molecule has 0 heterocycles. The van der Waals surface area contributed by atoms with Crippen molar-refractivity contribution >= 4 is 0 Å². The molecular formula is C24H38O2. The third-order valence-electron chi connectivity index (χ3n) is 3.59. The Morgan fingerprint density at radius 1 is 0.692 bits per heavy atom. The van der Waals surface area contributed by atoms with Crippen LogP contribution in [0.2, 0.25) is 0 Å². The molecule has 0 spiro atoms. The zero-order chi connectivity index (χ0) is 19.1. The quantitative estimate of drug-likeness (QED) is 0.186. The van der Waals surface area contributed by atoms with Crippen LogP contribution < -0.4 is 0 Å². The summed E-state index contributed by atoms with van der Waals surface area (Å²) in [6.07, 6.45) is 32.4. The van der Waals surface area contributed by atoms with E-state index in [1.165, 1.54) is 0 Å². The molecular weight excluding hydrogens is 320 g/mol. The highest BCUT2D eigenvalue weighted by Crippen LogP contribution is 2.04. The second-order valence-electron chi connectivity index (χ2n) is 5.90. The molecule has 0 saturated carbocycles. The van der Waals surface area contributed by atoms with Crippen LogP contribution in [0, 0.1) is 0 Å². The lowest BCUT2D eigenvalue weighted by molar-refractivity contribution is 0.170. The number of aliphatic hydroxyl groups is 1. The van der Waals surface area contributed by atoms with Gasteiger partial charge in [0, 0.05) is 0 Å². The summed E-state index contributed by atoms with van der Waals surface area (Å²) >= 11 is 0. The van der Waals surface area contributed by atoms with Gasteiger partial charge in [0.25, 0.3) is 0 Å². The van der Waals surface area contributed by atoms with Crippen LogP contribution in [0.15, 0.2) is 72.6 Å². The van der Waals surface area contributed by atoms with Gasteiger partial charge in [-0.3, -0.25) is 0 Å². The summed E-state index contributed by atoms with van der Waals surface area (Å²) in [5.74, 6) is 0.691. The van der Waals surface area contributed by atoms with Crippen molar-refractivity contribution < 1.29 is 9.84 Å². The predicted molar refractivity (Wildman–Crippen MR) is 115 cm³/mol. The Balaban J connectivity index is 3.58. The minimum absolute atomic E-state index is 0.00445. The van der Waals surface area contributed by atoms with Crippen molar-refractivity contribution in [2.75, 3.05) is 13.2 Å². The second-order valence-corrected chi connectivity index (χ2v) is 5.90. The molecule has 0 fully saturated rings. The molecule has 0 saturated heterocycles. The summed E-state index contributed by atoms with van der Waals surface area (Å²) in [4.78, 5) is 0. The molecule has 2 nitrogen and oxygen atoms in total. The molecule has 0 aliphatic rings. The fourth-order valence-corrected chi connectivity index (χ4v) is 2.22. The standard InChI is InChI=1S/C24H38O2/c1-3-5-6-7-8-9-10-11-12-13-14-15-16-17-18-19-20-21-22-24(23-25)26-4-2/h5-6,8-9,11-12,14-15,17-18,22,25H,3-4,7,10,13,16,19-21,23H2,1-2H3/b6-5-,9-8-,12-11-,15-14-,18-17-,24-22+. The number of allylic oxidation sites excluding steroid dienone is 11. The molecule has 2 heteroatoms. The third-order valence-corrected chi connectivity index (χ3v) is 3.59. The van der Waals surface area contributed by atoms with Gasteiger partial charge in [0.2, 0.25) is 0 Å². The van der Waals surface area contributed by atoms with Crippen LogP contribution in [0.5, 0.6) is 0 Å². The average molecular weight is 359 g/mol. The monoisotopic (exact) mass is 358 g/mol. The number of unbranched alkanes of at least 4 members (excludes halogenated alkanes) is 2. The van der Waals surface area contributed by atoms with E-state index in [9.17, 15) is 0 Å². The Bertz CT molecular complexity index is 465. The Morgan fingerprint density at radius 3 is 1.65 bits per heavy atom. The summed E-state index contributed by atoms with van der Waals surface area (Å²) in [6.45, 7) is 4.69. The topological polar surface area (TPSA) is 29.5 Å². The van der Waals surface area contributed by atoms with Gasteiger partial charge >= 0.3 is 0 Å². The van der Waals surface area contributed by atoms with Gasteiger partial charge in [0.1, 0.15) is 12.4 Å². The average Bonchev–Trinajstić information content (AvgIpc) is 2.66. The first-order valence-corrected chi connectivity index (χ1v) is 10.0. The van der Waals surface area contributed by atoms with Crippen LogP contribution in [0.4, 0.5) is 0 Å². The maximum absolute atomic E-state index is 9.08. The lowest BCUT2D eigenvalue weighted by Crippen LogP contribution is -1.96. The molecule has 0 unspecified atom stereocenters. The smallest absolute Gasteiger partial charge is 0.117 e. The van der Waals surface area contributed by atoms with Gasteiger partial charge in [-0.1, -0.05) is 67.7 Å². The van der Waals surface area contributed by atoms with E-state index < -0.39 is 0 Å². The van der Waals surface area contributed by atoms with Gasteiger partial charge in [-0.05, 0) is 64.4 Å². The van der Waals surface area contributed by atoms with Crippen LogP contribution in [0.3, 0.4) is 0 Å². The maximum Gasteiger partial charge on any atom is 0.117 e. The van der Waals surface area contributed by atoms with Crippen molar-refractivity contribution in [3.8, 4) is 0 Å². The molecule has 0 aromatic rings. The highest BCUT2D eigenvalue weighted by molar-refractivity contribution is 5.00. The van der Waals surface area contributed by atoms with E-state index in [0.29, 0.717) is 12.4 Å². The molecule has 0 bridgehead atoms. The summed E-state index contributed by atoms with van der Waals surface area (Å²) in [6, 6.07) is 0. The molecule has 26 heavy (non-hydrogen) atoms. The summed E-state index contributed by atoms with van der Waals surface area (Å²) in [7, 11) is 0. The molecule has 0 radical (unpaired) electrons. The molecule has 0 aromatic heterocycles. The Hall–Kier alpha value is -1.80. The largest absolute Gasteiger partial charge is 0.496 e. The van der Waals surface area contributed by atoms with E-state index in [0.717, 1.165) is 51.4 Å². The SMILES string of the molecule is CC/C=C\C/C=C\C/C=C\C/C=C\C/C=C\CCC/C=C(\CO)OCC. The fraction of sp³-hybridized carbons (Fsp3) is 0.500. The molecule has 1 N–H and O–H groups in total. The number of hydrogen-bond acceptors (Lipinski definition) is 2. The fourth-order valence-electron chi connectivity index (χ4n) is 2.22. The van der Waals surface area contributed by atoms with Crippen molar-refractivity contribution in [1.29, 1.82) is 0 Å². The van der Waals surface area contributed by atoms with E-state index in [2.05, 4.69) is 67.7 Å². The van der Waals surface area contributed by atoms with E-state index in [1.807, 2.05) is 13.0 Å². The van der Waals surface area contributed by atoms with Gasteiger partial charge in [-0.15, -0.1) is 0 Å². The van der Waals surface area contributed by atoms with Crippen LogP contribution in [-0.2, 0) is 4.74 Å². The third kappa shape index (κ3) is 18.5. The minimum Gasteiger partial charge on any atom is -0.496 e. The molecule has 0 aliphatic heterocycles. The molecule has 146 valence electrons.